The number of aryl methyl sites for hydroxylation is 1. The van der Waals surface area contributed by atoms with Crippen molar-refractivity contribution in [2.75, 3.05) is 20.7 Å². The topological polar surface area (TPSA) is 45.1 Å². The molecular formula is C21H22F4N2O2S. The molecule has 1 atom stereocenters. The van der Waals surface area contributed by atoms with Crippen LogP contribution in [-0.4, -0.2) is 42.8 Å². The predicted molar refractivity (Wildman–Crippen MR) is 109 cm³/mol. The SMILES string of the molecule is CCN(C)C=Nc1cc(OC)c(C2(O)c3ccc(SC(F)F)cc3C2(F)F)cc1C. The molecule has 0 saturated heterocycles. The summed E-state index contributed by atoms with van der Waals surface area (Å²) in [6.07, 6.45) is 1.62. The number of alkyl halides is 4. The molecule has 0 spiro atoms. The fourth-order valence-electron chi connectivity index (χ4n) is 3.40. The molecule has 1 aliphatic rings. The Labute approximate surface area is 176 Å². The third-order valence-corrected chi connectivity index (χ3v) is 5.90. The molecule has 0 aliphatic heterocycles. The molecule has 1 N–H and O–H groups in total. The van der Waals surface area contributed by atoms with Crippen LogP contribution < -0.4 is 4.74 Å². The first-order chi connectivity index (χ1) is 14.1. The highest BCUT2D eigenvalue weighted by Crippen LogP contribution is 2.62. The summed E-state index contributed by atoms with van der Waals surface area (Å²) in [6, 6.07) is 6.48. The van der Waals surface area contributed by atoms with E-state index in [1.807, 2.05) is 18.9 Å². The number of ether oxygens (including phenoxy) is 1. The fraction of sp³-hybridized carbons (Fsp3) is 0.381. The molecule has 0 aromatic heterocycles. The second-order valence-corrected chi connectivity index (χ2v) is 8.09. The van der Waals surface area contributed by atoms with Crippen LogP contribution >= 0.6 is 11.8 Å². The number of hydrogen-bond acceptors (Lipinski definition) is 4. The van der Waals surface area contributed by atoms with Gasteiger partial charge in [0.25, 0.3) is 5.76 Å². The molecule has 2 aromatic rings. The van der Waals surface area contributed by atoms with Crippen LogP contribution in [0.4, 0.5) is 23.2 Å². The van der Waals surface area contributed by atoms with Crippen molar-refractivity contribution in [2.24, 2.45) is 4.99 Å². The molecule has 3 rings (SSSR count). The summed E-state index contributed by atoms with van der Waals surface area (Å²) >= 11 is 0.181. The summed E-state index contributed by atoms with van der Waals surface area (Å²) < 4.78 is 60.7. The third kappa shape index (κ3) is 3.54. The normalized spacial score (nSPS) is 19.7. The standard InChI is InChI=1S/C21H22F4N2O2S/c1-5-27(3)11-26-17-10-18(29-4)16(8-12(17)2)20(28)14-7-6-13(30-19(22)23)9-15(14)21(20,24)25/h6-11,19,28H,5H2,1-4H3. The minimum Gasteiger partial charge on any atom is -0.496 e. The molecule has 4 nitrogen and oxygen atoms in total. The first-order valence-electron chi connectivity index (χ1n) is 9.19. The molecule has 0 amide bonds. The number of nitrogens with zero attached hydrogens (tertiary/aromatic N) is 2. The van der Waals surface area contributed by atoms with Crippen molar-refractivity contribution in [3.8, 4) is 5.75 Å². The van der Waals surface area contributed by atoms with E-state index >= 15 is 8.78 Å². The molecule has 30 heavy (non-hydrogen) atoms. The van der Waals surface area contributed by atoms with Crippen LogP contribution in [0.5, 0.6) is 5.75 Å². The highest BCUT2D eigenvalue weighted by Gasteiger charge is 2.67. The minimum absolute atomic E-state index is 0.0124. The monoisotopic (exact) mass is 442 g/mol. The lowest BCUT2D eigenvalue weighted by molar-refractivity contribution is -0.203. The van der Waals surface area contributed by atoms with Gasteiger partial charge in [-0.2, -0.15) is 17.6 Å². The van der Waals surface area contributed by atoms with E-state index in [0.29, 0.717) is 11.3 Å². The molecule has 1 aliphatic carbocycles. The molecule has 2 aromatic carbocycles. The zero-order valence-electron chi connectivity index (χ0n) is 16.9. The van der Waals surface area contributed by atoms with Crippen molar-refractivity contribution in [3.63, 3.8) is 0 Å². The van der Waals surface area contributed by atoms with Gasteiger partial charge in [-0.05, 0) is 37.6 Å². The average molecular weight is 442 g/mol. The number of halogens is 4. The van der Waals surface area contributed by atoms with E-state index < -0.39 is 22.8 Å². The van der Waals surface area contributed by atoms with Crippen molar-refractivity contribution >= 4 is 23.8 Å². The summed E-state index contributed by atoms with van der Waals surface area (Å²) in [6.45, 7) is 4.40. The smallest absolute Gasteiger partial charge is 0.310 e. The first-order valence-corrected chi connectivity index (χ1v) is 10.1. The highest BCUT2D eigenvalue weighted by molar-refractivity contribution is 7.99. The molecule has 162 valence electrons. The van der Waals surface area contributed by atoms with Crippen LogP contribution in [0.15, 0.2) is 40.2 Å². The van der Waals surface area contributed by atoms with Crippen LogP contribution in [0.3, 0.4) is 0 Å². The number of aliphatic hydroxyl groups is 1. The van der Waals surface area contributed by atoms with Crippen LogP contribution in [0.25, 0.3) is 0 Å². The Hall–Kier alpha value is -2.26. The lowest BCUT2D eigenvalue weighted by atomic mass is 9.65. The van der Waals surface area contributed by atoms with Gasteiger partial charge in [0.15, 0.2) is 5.60 Å². The van der Waals surface area contributed by atoms with Crippen LogP contribution in [0, 0.1) is 6.92 Å². The maximum Gasteiger partial charge on any atom is 0.310 e. The van der Waals surface area contributed by atoms with Gasteiger partial charge in [0.05, 0.1) is 19.1 Å². The van der Waals surface area contributed by atoms with Gasteiger partial charge in [-0.25, -0.2) is 4.99 Å². The van der Waals surface area contributed by atoms with E-state index in [2.05, 4.69) is 4.99 Å². The zero-order valence-corrected chi connectivity index (χ0v) is 17.7. The predicted octanol–water partition coefficient (Wildman–Crippen LogP) is 5.27. The molecule has 0 fully saturated rings. The fourth-order valence-corrected chi connectivity index (χ4v) is 3.94. The summed E-state index contributed by atoms with van der Waals surface area (Å²) in [5.74, 6) is -6.34. The number of thioether (sulfide) groups is 1. The van der Waals surface area contributed by atoms with Crippen molar-refractivity contribution in [2.45, 2.75) is 36.0 Å². The Morgan fingerprint density at radius 2 is 1.90 bits per heavy atom. The first kappa shape index (κ1) is 22.4. The van der Waals surface area contributed by atoms with Crippen molar-refractivity contribution in [1.82, 2.24) is 4.90 Å². The molecule has 0 saturated carbocycles. The van der Waals surface area contributed by atoms with E-state index in [1.165, 1.54) is 31.4 Å². The van der Waals surface area contributed by atoms with Crippen molar-refractivity contribution in [1.29, 1.82) is 0 Å². The molecule has 0 heterocycles. The molecular weight excluding hydrogens is 420 g/mol. The Bertz CT molecular complexity index is 984. The van der Waals surface area contributed by atoms with Gasteiger partial charge < -0.3 is 14.7 Å². The van der Waals surface area contributed by atoms with Crippen molar-refractivity contribution in [3.05, 3.63) is 52.6 Å². The Morgan fingerprint density at radius 3 is 2.50 bits per heavy atom. The lowest BCUT2D eigenvalue weighted by Crippen LogP contribution is -2.54. The van der Waals surface area contributed by atoms with E-state index in [9.17, 15) is 13.9 Å². The Balaban J connectivity index is 2.08. The number of fused-ring (bicyclic) bond motifs is 1. The second kappa shape index (κ2) is 8.11. The summed E-state index contributed by atoms with van der Waals surface area (Å²) in [4.78, 5) is 6.21. The van der Waals surface area contributed by atoms with Crippen LogP contribution in [0.1, 0.15) is 29.2 Å². The van der Waals surface area contributed by atoms with Gasteiger partial charge >= 0.3 is 5.92 Å². The Kier molecular flexibility index (Phi) is 6.06. The van der Waals surface area contributed by atoms with E-state index in [-0.39, 0.29) is 33.5 Å². The van der Waals surface area contributed by atoms with E-state index in [4.69, 9.17) is 4.74 Å². The number of hydrogen-bond donors (Lipinski definition) is 1. The lowest BCUT2D eigenvalue weighted by Gasteiger charge is -2.47. The maximum absolute atomic E-state index is 15.1. The average Bonchev–Trinajstić information content (AvgIpc) is 2.71. The summed E-state index contributed by atoms with van der Waals surface area (Å²) in [7, 11) is 3.17. The summed E-state index contributed by atoms with van der Waals surface area (Å²) in [5.41, 5.74) is -2.14. The van der Waals surface area contributed by atoms with E-state index in [1.54, 1.807) is 13.3 Å². The highest BCUT2D eigenvalue weighted by atomic mass is 32.2. The van der Waals surface area contributed by atoms with E-state index in [0.717, 1.165) is 12.6 Å². The van der Waals surface area contributed by atoms with Gasteiger partial charge in [-0.3, -0.25) is 0 Å². The zero-order chi connectivity index (χ0) is 22.3. The number of aliphatic imine (C=N–C) groups is 1. The molecule has 0 bridgehead atoms. The number of rotatable bonds is 7. The minimum atomic E-state index is -3.67. The summed E-state index contributed by atoms with van der Waals surface area (Å²) in [5, 5.41) is 11.1. The van der Waals surface area contributed by atoms with Gasteiger partial charge in [-0.1, -0.05) is 17.8 Å². The van der Waals surface area contributed by atoms with Gasteiger partial charge in [-0.15, -0.1) is 0 Å². The van der Waals surface area contributed by atoms with Crippen LogP contribution in [-0.2, 0) is 11.5 Å². The number of methoxy groups -OCH3 is 1. The third-order valence-electron chi connectivity index (χ3n) is 5.20. The number of benzene rings is 2. The molecule has 9 heteroatoms. The largest absolute Gasteiger partial charge is 0.496 e. The van der Waals surface area contributed by atoms with Crippen molar-refractivity contribution < 1.29 is 27.4 Å². The maximum atomic E-state index is 15.1. The quantitative estimate of drug-likeness (QED) is 0.275. The molecule has 1 unspecified atom stereocenters. The van der Waals surface area contributed by atoms with Gasteiger partial charge in [0.1, 0.15) is 5.75 Å². The van der Waals surface area contributed by atoms with Crippen LogP contribution in [0.2, 0.25) is 0 Å². The van der Waals surface area contributed by atoms with Gasteiger partial charge in [0.2, 0.25) is 0 Å². The van der Waals surface area contributed by atoms with Gasteiger partial charge in [0, 0.05) is 41.2 Å². The Morgan fingerprint density at radius 1 is 1.20 bits per heavy atom. The molecule has 0 radical (unpaired) electrons. The second-order valence-electron chi connectivity index (χ2n) is 7.03.